The van der Waals surface area contributed by atoms with Crippen molar-refractivity contribution < 1.29 is 5.11 Å². The second-order valence-corrected chi connectivity index (χ2v) is 5.76. The van der Waals surface area contributed by atoms with Crippen molar-refractivity contribution in [3.8, 4) is 0 Å². The summed E-state index contributed by atoms with van der Waals surface area (Å²) in [6.45, 7) is 3.11. The van der Waals surface area contributed by atoms with Crippen LogP contribution in [0.1, 0.15) is 32.6 Å². The molecule has 5 heteroatoms. The molecular formula is C16H22N4O. The van der Waals surface area contributed by atoms with Gasteiger partial charge in [0.25, 0.3) is 0 Å². The first-order valence-corrected chi connectivity index (χ1v) is 7.66. The Morgan fingerprint density at radius 1 is 1.24 bits per heavy atom. The molecule has 1 fully saturated rings. The van der Waals surface area contributed by atoms with Gasteiger partial charge in [-0.1, -0.05) is 19.1 Å². The van der Waals surface area contributed by atoms with Gasteiger partial charge in [-0.2, -0.15) is 4.98 Å². The first kappa shape index (κ1) is 14.1. The molecule has 0 amide bonds. The molecule has 1 aromatic carbocycles. The summed E-state index contributed by atoms with van der Waals surface area (Å²) < 4.78 is 0. The molecule has 1 aromatic heterocycles. The van der Waals surface area contributed by atoms with Crippen molar-refractivity contribution in [1.29, 1.82) is 0 Å². The number of rotatable bonds is 6. The summed E-state index contributed by atoms with van der Waals surface area (Å²) >= 11 is 0. The van der Waals surface area contributed by atoms with Gasteiger partial charge < -0.3 is 15.7 Å². The van der Waals surface area contributed by atoms with E-state index < -0.39 is 0 Å². The van der Waals surface area contributed by atoms with Gasteiger partial charge in [0.2, 0.25) is 5.95 Å². The van der Waals surface area contributed by atoms with Crippen molar-refractivity contribution in [2.45, 2.75) is 38.1 Å². The molecule has 2 aromatic rings. The maximum Gasteiger partial charge on any atom is 0.225 e. The standard InChI is InChI=1S/C16H22N4O/c1-2-10-17-15-18-13-7-4-3-6-12(13)14(19-15)20-16(11-21)8-5-9-16/h3-4,6-7,21H,2,5,8-11H2,1H3,(H2,17,18,19,20). The highest BCUT2D eigenvalue weighted by Crippen LogP contribution is 2.36. The zero-order valence-electron chi connectivity index (χ0n) is 12.4. The van der Waals surface area contributed by atoms with Crippen molar-refractivity contribution in [3.05, 3.63) is 24.3 Å². The van der Waals surface area contributed by atoms with E-state index in [0.717, 1.165) is 48.9 Å². The molecule has 1 aliphatic rings. The Hall–Kier alpha value is -1.88. The number of fused-ring (bicyclic) bond motifs is 1. The van der Waals surface area contributed by atoms with Crippen LogP contribution in [0.3, 0.4) is 0 Å². The van der Waals surface area contributed by atoms with E-state index in [1.165, 1.54) is 0 Å². The van der Waals surface area contributed by atoms with Crippen LogP contribution in [0.2, 0.25) is 0 Å². The molecule has 1 heterocycles. The molecule has 0 radical (unpaired) electrons. The maximum absolute atomic E-state index is 9.66. The third-order valence-electron chi connectivity index (χ3n) is 4.13. The predicted octanol–water partition coefficient (Wildman–Crippen LogP) is 2.78. The van der Waals surface area contributed by atoms with Crippen LogP contribution in [0.5, 0.6) is 0 Å². The summed E-state index contributed by atoms with van der Waals surface area (Å²) in [4.78, 5) is 9.16. The highest BCUT2D eigenvalue weighted by atomic mass is 16.3. The van der Waals surface area contributed by atoms with Crippen LogP contribution in [0.4, 0.5) is 11.8 Å². The molecule has 0 bridgehead atoms. The van der Waals surface area contributed by atoms with Crippen molar-refractivity contribution in [3.63, 3.8) is 0 Å². The molecule has 0 atom stereocenters. The lowest BCUT2D eigenvalue weighted by Crippen LogP contribution is -2.48. The second kappa shape index (κ2) is 5.85. The molecular weight excluding hydrogens is 264 g/mol. The number of nitrogens with one attached hydrogen (secondary N) is 2. The van der Waals surface area contributed by atoms with Gasteiger partial charge in [0.1, 0.15) is 5.82 Å². The zero-order chi connectivity index (χ0) is 14.7. The quantitative estimate of drug-likeness (QED) is 0.761. The highest BCUT2D eigenvalue weighted by Gasteiger charge is 2.37. The predicted molar refractivity (Wildman–Crippen MR) is 85.6 cm³/mol. The molecule has 3 N–H and O–H groups in total. The number of aliphatic hydroxyl groups excluding tert-OH is 1. The van der Waals surface area contributed by atoms with E-state index in [4.69, 9.17) is 0 Å². The Balaban J connectivity index is 1.97. The Kier molecular flexibility index (Phi) is 3.92. The number of benzene rings is 1. The Morgan fingerprint density at radius 3 is 2.71 bits per heavy atom. The highest BCUT2D eigenvalue weighted by molar-refractivity contribution is 5.90. The first-order valence-electron chi connectivity index (χ1n) is 7.66. The van der Waals surface area contributed by atoms with Gasteiger partial charge in [0.05, 0.1) is 17.7 Å². The van der Waals surface area contributed by atoms with Gasteiger partial charge in [-0.15, -0.1) is 0 Å². The third-order valence-corrected chi connectivity index (χ3v) is 4.13. The van der Waals surface area contributed by atoms with Crippen LogP contribution >= 0.6 is 0 Å². The van der Waals surface area contributed by atoms with Crippen LogP contribution in [-0.2, 0) is 0 Å². The zero-order valence-corrected chi connectivity index (χ0v) is 12.4. The van der Waals surface area contributed by atoms with Gasteiger partial charge in [0.15, 0.2) is 0 Å². The summed E-state index contributed by atoms with van der Waals surface area (Å²) in [7, 11) is 0. The molecule has 3 rings (SSSR count). The second-order valence-electron chi connectivity index (χ2n) is 5.76. The molecule has 1 saturated carbocycles. The number of aromatic nitrogens is 2. The van der Waals surface area contributed by atoms with Gasteiger partial charge in [-0.25, -0.2) is 4.98 Å². The van der Waals surface area contributed by atoms with Crippen LogP contribution in [0.25, 0.3) is 10.9 Å². The molecule has 0 unspecified atom stereocenters. The number of hydrogen-bond acceptors (Lipinski definition) is 5. The summed E-state index contributed by atoms with van der Waals surface area (Å²) in [5.74, 6) is 1.46. The number of aliphatic hydroxyl groups is 1. The molecule has 1 aliphatic carbocycles. The summed E-state index contributed by atoms with van der Waals surface area (Å²) in [6.07, 6.45) is 4.15. The largest absolute Gasteiger partial charge is 0.394 e. The van der Waals surface area contributed by atoms with E-state index in [-0.39, 0.29) is 12.1 Å². The average Bonchev–Trinajstić information content (AvgIpc) is 2.48. The van der Waals surface area contributed by atoms with E-state index >= 15 is 0 Å². The van der Waals surface area contributed by atoms with E-state index in [1.54, 1.807) is 0 Å². The minimum atomic E-state index is -0.209. The van der Waals surface area contributed by atoms with E-state index in [1.807, 2.05) is 24.3 Å². The monoisotopic (exact) mass is 286 g/mol. The fourth-order valence-corrected chi connectivity index (χ4v) is 2.67. The Morgan fingerprint density at radius 2 is 2.05 bits per heavy atom. The average molecular weight is 286 g/mol. The summed E-state index contributed by atoms with van der Waals surface area (Å²) in [5.41, 5.74) is 0.708. The molecule has 0 saturated heterocycles. The molecule has 0 aliphatic heterocycles. The van der Waals surface area contributed by atoms with Gasteiger partial charge in [-0.05, 0) is 37.8 Å². The SMILES string of the molecule is CCCNc1nc(NC2(CO)CCC2)c2ccccc2n1. The normalized spacial score (nSPS) is 16.5. The first-order chi connectivity index (χ1) is 10.3. The fourth-order valence-electron chi connectivity index (χ4n) is 2.67. The lowest BCUT2D eigenvalue weighted by molar-refractivity contribution is 0.144. The Labute approximate surface area is 124 Å². The van der Waals surface area contributed by atoms with Gasteiger partial charge in [-0.3, -0.25) is 0 Å². The van der Waals surface area contributed by atoms with E-state index in [0.29, 0.717) is 5.95 Å². The smallest absolute Gasteiger partial charge is 0.225 e. The summed E-state index contributed by atoms with van der Waals surface area (Å²) in [6, 6.07) is 7.98. The van der Waals surface area contributed by atoms with Crippen LogP contribution in [0.15, 0.2) is 24.3 Å². The fraction of sp³-hybridized carbons (Fsp3) is 0.500. The molecule has 112 valence electrons. The molecule has 0 spiro atoms. The minimum Gasteiger partial charge on any atom is -0.394 e. The van der Waals surface area contributed by atoms with Crippen LogP contribution in [0, 0.1) is 0 Å². The molecule has 21 heavy (non-hydrogen) atoms. The van der Waals surface area contributed by atoms with Crippen molar-refractivity contribution in [2.75, 3.05) is 23.8 Å². The van der Waals surface area contributed by atoms with Crippen LogP contribution < -0.4 is 10.6 Å². The summed E-state index contributed by atoms with van der Waals surface area (Å²) in [5, 5.41) is 17.4. The number of anilines is 2. The lowest BCUT2D eigenvalue weighted by Gasteiger charge is -2.41. The third kappa shape index (κ3) is 2.78. The van der Waals surface area contributed by atoms with Gasteiger partial charge in [0, 0.05) is 11.9 Å². The Bertz CT molecular complexity index is 619. The lowest BCUT2D eigenvalue weighted by atomic mass is 9.77. The maximum atomic E-state index is 9.66. The minimum absolute atomic E-state index is 0.142. The number of nitrogens with zero attached hydrogens (tertiary/aromatic N) is 2. The topological polar surface area (TPSA) is 70.1 Å². The number of hydrogen-bond donors (Lipinski definition) is 3. The molecule has 5 nitrogen and oxygen atoms in total. The van der Waals surface area contributed by atoms with Crippen molar-refractivity contribution in [1.82, 2.24) is 9.97 Å². The van der Waals surface area contributed by atoms with E-state index in [2.05, 4.69) is 27.5 Å². The van der Waals surface area contributed by atoms with Crippen molar-refractivity contribution in [2.24, 2.45) is 0 Å². The van der Waals surface area contributed by atoms with Crippen LogP contribution in [-0.4, -0.2) is 33.8 Å². The van der Waals surface area contributed by atoms with Crippen molar-refractivity contribution >= 4 is 22.7 Å². The number of para-hydroxylation sites is 1. The van der Waals surface area contributed by atoms with Gasteiger partial charge >= 0.3 is 0 Å². The van der Waals surface area contributed by atoms with E-state index in [9.17, 15) is 5.11 Å².